The Morgan fingerprint density at radius 2 is 2.05 bits per heavy atom. The van der Waals surface area contributed by atoms with Crippen molar-refractivity contribution >= 4 is 11.4 Å². The maximum atomic E-state index is 10.9. The molecule has 1 aromatic rings. The van der Waals surface area contributed by atoms with Crippen LogP contribution in [0.15, 0.2) is 18.2 Å². The van der Waals surface area contributed by atoms with Crippen molar-refractivity contribution in [2.45, 2.75) is 45.1 Å². The summed E-state index contributed by atoms with van der Waals surface area (Å²) in [6.45, 7) is 2.37. The van der Waals surface area contributed by atoms with Gasteiger partial charge in [0.2, 0.25) is 0 Å². The third-order valence-corrected chi connectivity index (χ3v) is 3.39. The Kier molecular flexibility index (Phi) is 4.60. The molecule has 0 amide bonds. The molecule has 104 valence electrons. The maximum absolute atomic E-state index is 10.9. The van der Waals surface area contributed by atoms with Gasteiger partial charge in [0.05, 0.1) is 17.6 Å². The van der Waals surface area contributed by atoms with E-state index in [1.807, 2.05) is 13.0 Å². The number of nitro benzene ring substituents is 1. The van der Waals surface area contributed by atoms with Gasteiger partial charge in [-0.1, -0.05) is 19.3 Å². The summed E-state index contributed by atoms with van der Waals surface area (Å²) in [6.07, 6.45) is 6.01. The van der Waals surface area contributed by atoms with Gasteiger partial charge in [-0.25, -0.2) is 0 Å². The summed E-state index contributed by atoms with van der Waals surface area (Å²) in [4.78, 5) is 10.5. The van der Waals surface area contributed by atoms with Crippen molar-refractivity contribution in [2.75, 3.05) is 11.9 Å². The van der Waals surface area contributed by atoms with Crippen LogP contribution < -0.4 is 10.1 Å². The van der Waals surface area contributed by atoms with E-state index in [0.717, 1.165) is 18.5 Å². The van der Waals surface area contributed by atoms with Crippen molar-refractivity contribution in [1.82, 2.24) is 0 Å². The molecular formula is C14H20N2O3. The van der Waals surface area contributed by atoms with Crippen molar-refractivity contribution in [1.29, 1.82) is 0 Å². The normalized spacial score (nSPS) is 16.1. The van der Waals surface area contributed by atoms with Crippen LogP contribution in [0.5, 0.6) is 5.75 Å². The number of benzene rings is 1. The van der Waals surface area contributed by atoms with Gasteiger partial charge < -0.3 is 10.1 Å². The zero-order valence-electron chi connectivity index (χ0n) is 11.2. The van der Waals surface area contributed by atoms with Crippen molar-refractivity contribution in [3.63, 3.8) is 0 Å². The van der Waals surface area contributed by atoms with Crippen LogP contribution in [-0.4, -0.2) is 17.6 Å². The number of hydrogen-bond acceptors (Lipinski definition) is 4. The Morgan fingerprint density at radius 3 is 2.68 bits per heavy atom. The fraction of sp³-hybridized carbons (Fsp3) is 0.571. The van der Waals surface area contributed by atoms with E-state index < -0.39 is 0 Å². The summed E-state index contributed by atoms with van der Waals surface area (Å²) < 4.78 is 5.38. The first kappa shape index (κ1) is 13.6. The molecule has 0 aliphatic heterocycles. The Morgan fingerprint density at radius 1 is 1.32 bits per heavy atom. The molecule has 2 rings (SSSR count). The highest BCUT2D eigenvalue weighted by Crippen LogP contribution is 2.28. The third kappa shape index (κ3) is 3.84. The summed E-state index contributed by atoms with van der Waals surface area (Å²) in [7, 11) is 0. The van der Waals surface area contributed by atoms with Gasteiger partial charge in [-0.3, -0.25) is 10.1 Å². The Balaban J connectivity index is 2.15. The molecule has 0 heterocycles. The van der Waals surface area contributed by atoms with Gasteiger partial charge in [-0.15, -0.1) is 0 Å². The molecule has 0 saturated heterocycles. The predicted molar refractivity (Wildman–Crippen MR) is 74.8 cm³/mol. The second-order valence-electron chi connectivity index (χ2n) is 4.88. The van der Waals surface area contributed by atoms with Crippen LogP contribution in [0, 0.1) is 10.1 Å². The summed E-state index contributed by atoms with van der Waals surface area (Å²) in [5, 5.41) is 14.3. The van der Waals surface area contributed by atoms with Crippen LogP contribution in [0.4, 0.5) is 11.4 Å². The molecule has 1 fully saturated rings. The monoisotopic (exact) mass is 264 g/mol. The van der Waals surface area contributed by atoms with E-state index in [1.165, 1.54) is 25.3 Å². The number of non-ortho nitro benzene ring substituents is 1. The molecule has 5 nitrogen and oxygen atoms in total. The Labute approximate surface area is 113 Å². The Bertz CT molecular complexity index is 442. The first-order valence-corrected chi connectivity index (χ1v) is 6.88. The van der Waals surface area contributed by atoms with Crippen LogP contribution in [0.25, 0.3) is 0 Å². The molecule has 1 aliphatic carbocycles. The van der Waals surface area contributed by atoms with E-state index in [4.69, 9.17) is 4.74 Å². The van der Waals surface area contributed by atoms with E-state index >= 15 is 0 Å². The highest BCUT2D eigenvalue weighted by molar-refractivity contribution is 5.56. The second kappa shape index (κ2) is 6.41. The minimum Gasteiger partial charge on any atom is -0.494 e. The van der Waals surface area contributed by atoms with Crippen LogP contribution in [0.1, 0.15) is 39.0 Å². The topological polar surface area (TPSA) is 64.4 Å². The van der Waals surface area contributed by atoms with Crippen molar-refractivity contribution in [3.8, 4) is 5.75 Å². The number of rotatable bonds is 5. The van der Waals surface area contributed by atoms with Gasteiger partial charge in [-0.2, -0.15) is 0 Å². The largest absolute Gasteiger partial charge is 0.494 e. The first-order chi connectivity index (χ1) is 9.19. The molecule has 1 N–H and O–H groups in total. The van der Waals surface area contributed by atoms with Gasteiger partial charge in [0.15, 0.2) is 0 Å². The fourth-order valence-electron chi connectivity index (χ4n) is 2.50. The molecule has 1 saturated carbocycles. The highest BCUT2D eigenvalue weighted by atomic mass is 16.6. The smallest absolute Gasteiger partial charge is 0.275 e. The van der Waals surface area contributed by atoms with Crippen molar-refractivity contribution in [3.05, 3.63) is 28.3 Å². The third-order valence-electron chi connectivity index (χ3n) is 3.39. The molecule has 0 aromatic heterocycles. The van der Waals surface area contributed by atoms with Gasteiger partial charge in [0.25, 0.3) is 5.69 Å². The molecule has 0 spiro atoms. The van der Waals surface area contributed by atoms with E-state index in [1.54, 1.807) is 6.07 Å². The minimum atomic E-state index is -0.380. The van der Waals surface area contributed by atoms with E-state index in [2.05, 4.69) is 5.32 Å². The summed E-state index contributed by atoms with van der Waals surface area (Å²) in [6, 6.07) is 5.31. The average Bonchev–Trinajstić information content (AvgIpc) is 2.40. The van der Waals surface area contributed by atoms with Crippen molar-refractivity contribution in [2.24, 2.45) is 0 Å². The molecule has 1 aliphatic rings. The molecule has 0 unspecified atom stereocenters. The zero-order valence-corrected chi connectivity index (χ0v) is 11.2. The van der Waals surface area contributed by atoms with E-state index in [0.29, 0.717) is 18.4 Å². The number of nitrogens with one attached hydrogen (secondary N) is 1. The van der Waals surface area contributed by atoms with Crippen molar-refractivity contribution < 1.29 is 9.66 Å². The molecule has 5 heteroatoms. The lowest BCUT2D eigenvalue weighted by Crippen LogP contribution is -2.22. The van der Waals surface area contributed by atoms with Gasteiger partial charge in [0, 0.05) is 23.9 Å². The van der Waals surface area contributed by atoms with Crippen LogP contribution in [-0.2, 0) is 0 Å². The molecule has 0 radical (unpaired) electrons. The standard InChI is InChI=1S/C14H20N2O3/c1-2-19-14-9-12(8-13(10-14)16(17)18)15-11-6-4-3-5-7-11/h8-11,15H,2-7H2,1H3. The lowest BCUT2D eigenvalue weighted by atomic mass is 9.95. The quantitative estimate of drug-likeness (QED) is 0.650. The van der Waals surface area contributed by atoms with Crippen LogP contribution >= 0.6 is 0 Å². The lowest BCUT2D eigenvalue weighted by molar-refractivity contribution is -0.384. The molecule has 1 aromatic carbocycles. The molecule has 19 heavy (non-hydrogen) atoms. The Hall–Kier alpha value is -1.78. The predicted octanol–water partition coefficient (Wildman–Crippen LogP) is 3.74. The molecule has 0 bridgehead atoms. The summed E-state index contributed by atoms with van der Waals surface area (Å²) >= 11 is 0. The maximum Gasteiger partial charge on any atom is 0.275 e. The highest BCUT2D eigenvalue weighted by Gasteiger charge is 2.16. The zero-order chi connectivity index (χ0) is 13.7. The lowest BCUT2D eigenvalue weighted by Gasteiger charge is -2.24. The second-order valence-corrected chi connectivity index (χ2v) is 4.88. The van der Waals surface area contributed by atoms with Crippen LogP contribution in [0.3, 0.4) is 0 Å². The van der Waals surface area contributed by atoms with E-state index in [-0.39, 0.29) is 10.6 Å². The number of nitrogens with zero attached hydrogens (tertiary/aromatic N) is 1. The number of ether oxygens (including phenoxy) is 1. The summed E-state index contributed by atoms with van der Waals surface area (Å²) in [5.74, 6) is 0.551. The SMILES string of the molecule is CCOc1cc(NC2CCCCC2)cc([N+](=O)[O-])c1. The number of anilines is 1. The molecule has 0 atom stereocenters. The molecular weight excluding hydrogens is 244 g/mol. The first-order valence-electron chi connectivity index (χ1n) is 6.88. The average molecular weight is 264 g/mol. The fourth-order valence-corrected chi connectivity index (χ4v) is 2.50. The van der Waals surface area contributed by atoms with Gasteiger partial charge >= 0.3 is 0 Å². The summed E-state index contributed by atoms with van der Waals surface area (Å²) in [5.41, 5.74) is 0.855. The van der Waals surface area contributed by atoms with Gasteiger partial charge in [-0.05, 0) is 19.8 Å². The minimum absolute atomic E-state index is 0.0734. The number of nitro groups is 1. The van der Waals surface area contributed by atoms with Crippen LogP contribution in [0.2, 0.25) is 0 Å². The van der Waals surface area contributed by atoms with E-state index in [9.17, 15) is 10.1 Å². The van der Waals surface area contributed by atoms with Gasteiger partial charge in [0.1, 0.15) is 5.75 Å². The number of hydrogen-bond donors (Lipinski definition) is 1.